The van der Waals surface area contributed by atoms with Gasteiger partial charge in [0.1, 0.15) is 13.2 Å². The molecular formula is C20H17N3O4. The van der Waals surface area contributed by atoms with Crippen LogP contribution in [0.3, 0.4) is 0 Å². The molecule has 2 aromatic rings. The molecule has 4 rings (SSSR count). The SMILES string of the molecule is N#Cc1ccc(NC(=O)C2CC(=O)N(c3ccc4c(c3)OCCO4)C2)cc1. The van der Waals surface area contributed by atoms with E-state index in [1.54, 1.807) is 47.4 Å². The fourth-order valence-corrected chi connectivity index (χ4v) is 3.21. The monoisotopic (exact) mass is 363 g/mol. The van der Waals surface area contributed by atoms with Gasteiger partial charge in [-0.05, 0) is 36.4 Å². The highest BCUT2D eigenvalue weighted by Gasteiger charge is 2.35. The molecule has 0 radical (unpaired) electrons. The second-order valence-corrected chi connectivity index (χ2v) is 6.41. The van der Waals surface area contributed by atoms with Crippen molar-refractivity contribution in [3.63, 3.8) is 0 Å². The van der Waals surface area contributed by atoms with Crippen molar-refractivity contribution in [2.24, 2.45) is 5.92 Å². The zero-order valence-corrected chi connectivity index (χ0v) is 14.5. The van der Waals surface area contributed by atoms with Gasteiger partial charge in [0.15, 0.2) is 11.5 Å². The molecule has 1 fully saturated rings. The number of anilines is 2. The van der Waals surface area contributed by atoms with Crippen molar-refractivity contribution in [1.29, 1.82) is 5.26 Å². The average molecular weight is 363 g/mol. The number of nitrogens with zero attached hydrogens (tertiary/aromatic N) is 2. The highest BCUT2D eigenvalue weighted by Crippen LogP contribution is 2.36. The van der Waals surface area contributed by atoms with E-state index in [4.69, 9.17) is 14.7 Å². The maximum Gasteiger partial charge on any atom is 0.229 e. The molecule has 2 aliphatic rings. The Bertz CT molecular complexity index is 933. The molecule has 7 heteroatoms. The van der Waals surface area contributed by atoms with Gasteiger partial charge in [-0.3, -0.25) is 9.59 Å². The van der Waals surface area contributed by atoms with Gasteiger partial charge in [0.05, 0.1) is 17.6 Å². The molecule has 0 aliphatic carbocycles. The number of hydrogen-bond acceptors (Lipinski definition) is 5. The average Bonchev–Trinajstić information content (AvgIpc) is 3.10. The van der Waals surface area contributed by atoms with Gasteiger partial charge in [-0.1, -0.05) is 0 Å². The van der Waals surface area contributed by atoms with Gasteiger partial charge >= 0.3 is 0 Å². The summed E-state index contributed by atoms with van der Waals surface area (Å²) in [6.45, 7) is 1.28. The number of ether oxygens (including phenoxy) is 2. The van der Waals surface area contributed by atoms with Crippen LogP contribution in [0.2, 0.25) is 0 Å². The molecule has 2 heterocycles. The molecule has 1 saturated heterocycles. The minimum atomic E-state index is -0.443. The van der Waals surface area contributed by atoms with E-state index >= 15 is 0 Å². The fraction of sp³-hybridized carbons (Fsp3) is 0.250. The highest BCUT2D eigenvalue weighted by atomic mass is 16.6. The summed E-state index contributed by atoms with van der Waals surface area (Å²) in [4.78, 5) is 26.6. The first-order valence-electron chi connectivity index (χ1n) is 8.65. The van der Waals surface area contributed by atoms with Gasteiger partial charge in [-0.15, -0.1) is 0 Å². The molecule has 2 aliphatic heterocycles. The molecule has 2 amide bonds. The molecule has 0 bridgehead atoms. The van der Waals surface area contributed by atoms with E-state index in [0.29, 0.717) is 48.2 Å². The summed E-state index contributed by atoms with van der Waals surface area (Å²) in [5.41, 5.74) is 1.82. The molecular weight excluding hydrogens is 346 g/mol. The minimum Gasteiger partial charge on any atom is -0.486 e. The summed E-state index contributed by atoms with van der Waals surface area (Å²) in [6.07, 6.45) is 0.149. The number of nitrogens with one attached hydrogen (secondary N) is 1. The van der Waals surface area contributed by atoms with Gasteiger partial charge in [0.25, 0.3) is 0 Å². The van der Waals surface area contributed by atoms with Crippen LogP contribution in [0, 0.1) is 17.2 Å². The fourth-order valence-electron chi connectivity index (χ4n) is 3.21. The van der Waals surface area contributed by atoms with Gasteiger partial charge in [-0.25, -0.2) is 0 Å². The Hall–Kier alpha value is -3.53. The summed E-state index contributed by atoms with van der Waals surface area (Å²) in [6, 6.07) is 14.0. The van der Waals surface area contributed by atoms with Gasteiger partial charge in [-0.2, -0.15) is 5.26 Å². The molecule has 0 aromatic heterocycles. The second-order valence-electron chi connectivity index (χ2n) is 6.41. The largest absolute Gasteiger partial charge is 0.486 e. The second kappa shape index (κ2) is 7.00. The van der Waals surface area contributed by atoms with Crippen LogP contribution in [0.25, 0.3) is 0 Å². The molecule has 1 atom stereocenters. The number of benzene rings is 2. The highest BCUT2D eigenvalue weighted by molar-refractivity contribution is 6.03. The molecule has 7 nitrogen and oxygen atoms in total. The Labute approximate surface area is 156 Å². The van der Waals surface area contributed by atoms with Crippen LogP contribution in [0.15, 0.2) is 42.5 Å². The van der Waals surface area contributed by atoms with Crippen LogP contribution < -0.4 is 19.7 Å². The number of carbonyl (C=O) groups excluding carboxylic acids is 2. The lowest BCUT2D eigenvalue weighted by atomic mass is 10.1. The Balaban J connectivity index is 1.45. The van der Waals surface area contributed by atoms with Crippen molar-refractivity contribution in [2.75, 3.05) is 30.0 Å². The quantitative estimate of drug-likeness (QED) is 0.904. The van der Waals surface area contributed by atoms with Gasteiger partial charge < -0.3 is 19.7 Å². The molecule has 0 saturated carbocycles. The molecule has 2 aromatic carbocycles. The first-order chi connectivity index (χ1) is 13.1. The smallest absolute Gasteiger partial charge is 0.229 e. The third-order valence-corrected chi connectivity index (χ3v) is 4.61. The number of rotatable bonds is 3. The number of amides is 2. The van der Waals surface area contributed by atoms with Crippen molar-refractivity contribution >= 4 is 23.2 Å². The van der Waals surface area contributed by atoms with E-state index in [2.05, 4.69) is 5.32 Å². The predicted octanol–water partition coefficient (Wildman–Crippen LogP) is 2.32. The predicted molar refractivity (Wildman–Crippen MR) is 97.7 cm³/mol. The lowest BCUT2D eigenvalue weighted by molar-refractivity contribution is -0.122. The number of nitriles is 1. The van der Waals surface area contributed by atoms with Crippen LogP contribution in [-0.4, -0.2) is 31.6 Å². The van der Waals surface area contributed by atoms with Crippen molar-refractivity contribution < 1.29 is 19.1 Å². The standard InChI is InChI=1S/C20H17N3O4/c21-11-13-1-3-15(4-2-13)22-20(25)14-9-19(24)23(12-14)16-5-6-17-18(10-16)27-8-7-26-17/h1-6,10,14H,7-9,12H2,(H,22,25). The third kappa shape index (κ3) is 3.42. The summed E-state index contributed by atoms with van der Waals surface area (Å²) < 4.78 is 11.1. The molecule has 27 heavy (non-hydrogen) atoms. The van der Waals surface area contributed by atoms with E-state index in [1.807, 2.05) is 6.07 Å². The summed E-state index contributed by atoms with van der Waals surface area (Å²) in [5, 5.41) is 11.6. The lowest BCUT2D eigenvalue weighted by Gasteiger charge is -2.22. The van der Waals surface area contributed by atoms with Crippen LogP contribution in [0.1, 0.15) is 12.0 Å². The van der Waals surface area contributed by atoms with Crippen molar-refractivity contribution in [3.8, 4) is 17.6 Å². The lowest BCUT2D eigenvalue weighted by Crippen LogP contribution is -2.28. The van der Waals surface area contributed by atoms with Crippen LogP contribution in [0.5, 0.6) is 11.5 Å². The van der Waals surface area contributed by atoms with Gasteiger partial charge in [0.2, 0.25) is 11.8 Å². The zero-order valence-electron chi connectivity index (χ0n) is 14.5. The van der Waals surface area contributed by atoms with Crippen LogP contribution in [0.4, 0.5) is 11.4 Å². The molecule has 1 unspecified atom stereocenters. The van der Waals surface area contributed by atoms with E-state index < -0.39 is 5.92 Å². The Kier molecular flexibility index (Phi) is 4.38. The molecule has 0 spiro atoms. The topological polar surface area (TPSA) is 91.7 Å². The van der Waals surface area contributed by atoms with E-state index in [-0.39, 0.29) is 18.2 Å². The van der Waals surface area contributed by atoms with Gasteiger partial charge in [0, 0.05) is 30.4 Å². The Morgan fingerprint density at radius 3 is 2.59 bits per heavy atom. The normalized spacial score (nSPS) is 18.1. The van der Waals surface area contributed by atoms with E-state index in [0.717, 1.165) is 0 Å². The summed E-state index contributed by atoms with van der Waals surface area (Å²) in [5.74, 6) is 0.505. The van der Waals surface area contributed by atoms with Crippen LogP contribution in [-0.2, 0) is 9.59 Å². The number of hydrogen-bond donors (Lipinski definition) is 1. The van der Waals surface area contributed by atoms with Crippen molar-refractivity contribution in [2.45, 2.75) is 6.42 Å². The van der Waals surface area contributed by atoms with Crippen molar-refractivity contribution in [3.05, 3.63) is 48.0 Å². The zero-order chi connectivity index (χ0) is 18.8. The van der Waals surface area contributed by atoms with E-state index in [9.17, 15) is 9.59 Å². The van der Waals surface area contributed by atoms with Crippen molar-refractivity contribution in [1.82, 2.24) is 0 Å². The Morgan fingerprint density at radius 2 is 1.85 bits per heavy atom. The maximum absolute atomic E-state index is 12.5. The minimum absolute atomic E-state index is 0.105. The molecule has 136 valence electrons. The first kappa shape index (κ1) is 16.9. The molecule has 1 N–H and O–H groups in total. The number of fused-ring (bicyclic) bond motifs is 1. The number of carbonyl (C=O) groups is 2. The third-order valence-electron chi connectivity index (χ3n) is 4.61. The van der Waals surface area contributed by atoms with Crippen LogP contribution >= 0.6 is 0 Å². The first-order valence-corrected chi connectivity index (χ1v) is 8.65. The van der Waals surface area contributed by atoms with E-state index in [1.165, 1.54) is 0 Å². The summed E-state index contributed by atoms with van der Waals surface area (Å²) >= 11 is 0. The summed E-state index contributed by atoms with van der Waals surface area (Å²) in [7, 11) is 0. The maximum atomic E-state index is 12.5. The Morgan fingerprint density at radius 1 is 1.11 bits per heavy atom.